The van der Waals surface area contributed by atoms with Crippen LogP contribution in [0.5, 0.6) is 0 Å². The van der Waals surface area contributed by atoms with Crippen molar-refractivity contribution in [2.24, 2.45) is 5.41 Å². The molecule has 1 amide bonds. The molecule has 70 valence electrons. The molecule has 2 nitrogen and oxygen atoms in total. The highest BCUT2D eigenvalue weighted by atomic mass is 32.1. The van der Waals surface area contributed by atoms with Crippen LogP contribution >= 0.6 is 11.3 Å². The summed E-state index contributed by atoms with van der Waals surface area (Å²) in [6.45, 7) is 6.09. The zero-order valence-electron chi connectivity index (χ0n) is 8.05. The average molecular weight is 195 g/mol. The van der Waals surface area contributed by atoms with E-state index in [1.165, 1.54) is 10.4 Å². The Balaban J connectivity index is 2.31. The summed E-state index contributed by atoms with van der Waals surface area (Å²) >= 11 is 1.73. The van der Waals surface area contributed by atoms with E-state index >= 15 is 0 Å². The van der Waals surface area contributed by atoms with E-state index in [0.29, 0.717) is 0 Å². The molecule has 0 aromatic carbocycles. The van der Waals surface area contributed by atoms with E-state index in [-0.39, 0.29) is 17.4 Å². The van der Waals surface area contributed by atoms with Crippen LogP contribution < -0.4 is 5.32 Å². The summed E-state index contributed by atoms with van der Waals surface area (Å²) in [7, 11) is 0. The third kappa shape index (κ3) is 1.10. The molecule has 1 saturated heterocycles. The summed E-state index contributed by atoms with van der Waals surface area (Å²) in [5.74, 6) is 0.156. The van der Waals surface area contributed by atoms with Crippen LogP contribution in [0, 0.1) is 12.3 Å². The highest BCUT2D eigenvalue weighted by Gasteiger charge is 2.48. The van der Waals surface area contributed by atoms with Crippen molar-refractivity contribution >= 4 is 17.2 Å². The largest absolute Gasteiger partial charge is 0.348 e. The molecule has 1 aromatic heterocycles. The van der Waals surface area contributed by atoms with Gasteiger partial charge in [0, 0.05) is 4.88 Å². The molecule has 13 heavy (non-hydrogen) atoms. The monoisotopic (exact) mass is 195 g/mol. The minimum absolute atomic E-state index is 0.156. The highest BCUT2D eigenvalue weighted by Crippen LogP contribution is 2.43. The molecular formula is C10H13NOS. The van der Waals surface area contributed by atoms with Crippen LogP contribution in [0.25, 0.3) is 0 Å². The van der Waals surface area contributed by atoms with E-state index in [1.807, 2.05) is 13.8 Å². The summed E-state index contributed by atoms with van der Waals surface area (Å²) in [6, 6.07) is 2.32. The van der Waals surface area contributed by atoms with Gasteiger partial charge in [-0.05, 0) is 37.8 Å². The van der Waals surface area contributed by atoms with Crippen molar-refractivity contribution in [2.75, 3.05) is 0 Å². The molecule has 1 aliphatic heterocycles. The van der Waals surface area contributed by atoms with Crippen LogP contribution in [-0.2, 0) is 4.79 Å². The quantitative estimate of drug-likeness (QED) is 0.684. The van der Waals surface area contributed by atoms with Gasteiger partial charge in [0.05, 0.1) is 11.5 Å². The third-order valence-electron chi connectivity index (χ3n) is 2.79. The standard InChI is InChI=1S/C10H13NOS/c1-6-7(4-5-13-6)8-10(2,3)9(12)11-8/h4-5,8H,1-3H3,(H,11,12). The number of hydrogen-bond donors (Lipinski definition) is 1. The lowest BCUT2D eigenvalue weighted by molar-refractivity contribution is -0.143. The SMILES string of the molecule is Cc1sccc1C1NC(=O)C1(C)C. The Morgan fingerprint density at radius 3 is 2.62 bits per heavy atom. The van der Waals surface area contributed by atoms with E-state index in [2.05, 4.69) is 23.7 Å². The molecule has 1 atom stereocenters. The first-order chi connectivity index (χ1) is 6.03. The molecule has 2 rings (SSSR count). The van der Waals surface area contributed by atoms with E-state index < -0.39 is 0 Å². The number of aryl methyl sites for hydroxylation is 1. The summed E-state index contributed by atoms with van der Waals surface area (Å²) in [6.07, 6.45) is 0. The van der Waals surface area contributed by atoms with Gasteiger partial charge in [-0.3, -0.25) is 4.79 Å². The molecule has 2 heterocycles. The second-order valence-electron chi connectivity index (χ2n) is 4.06. The van der Waals surface area contributed by atoms with Crippen molar-refractivity contribution in [2.45, 2.75) is 26.8 Å². The summed E-state index contributed by atoms with van der Waals surface area (Å²) < 4.78 is 0. The Bertz CT molecular complexity index is 354. The van der Waals surface area contributed by atoms with E-state index in [9.17, 15) is 4.79 Å². The maximum atomic E-state index is 11.3. The van der Waals surface area contributed by atoms with Gasteiger partial charge in [0.15, 0.2) is 0 Å². The van der Waals surface area contributed by atoms with Gasteiger partial charge >= 0.3 is 0 Å². The summed E-state index contributed by atoms with van der Waals surface area (Å²) in [5, 5.41) is 5.02. The van der Waals surface area contributed by atoms with E-state index in [1.54, 1.807) is 11.3 Å². The first-order valence-corrected chi connectivity index (χ1v) is 5.26. The van der Waals surface area contributed by atoms with Crippen LogP contribution in [-0.4, -0.2) is 5.91 Å². The Kier molecular flexibility index (Phi) is 1.74. The summed E-state index contributed by atoms with van der Waals surface area (Å²) in [5.41, 5.74) is 1.04. The molecule has 1 aromatic rings. The van der Waals surface area contributed by atoms with Crippen molar-refractivity contribution in [3.05, 3.63) is 21.9 Å². The highest BCUT2D eigenvalue weighted by molar-refractivity contribution is 7.10. The molecule has 1 N–H and O–H groups in total. The molecule has 1 fully saturated rings. The second-order valence-corrected chi connectivity index (χ2v) is 5.18. The minimum Gasteiger partial charge on any atom is -0.348 e. The van der Waals surface area contributed by atoms with Gasteiger partial charge in [-0.15, -0.1) is 11.3 Å². The van der Waals surface area contributed by atoms with Gasteiger partial charge in [0.1, 0.15) is 0 Å². The van der Waals surface area contributed by atoms with Crippen molar-refractivity contribution in [1.82, 2.24) is 5.32 Å². The Labute approximate surface area is 82.0 Å². The van der Waals surface area contributed by atoms with Crippen LogP contribution in [0.15, 0.2) is 11.4 Å². The number of rotatable bonds is 1. The van der Waals surface area contributed by atoms with E-state index in [4.69, 9.17) is 0 Å². The average Bonchev–Trinajstić information content (AvgIpc) is 2.47. The molecule has 0 saturated carbocycles. The van der Waals surface area contributed by atoms with Gasteiger partial charge in [0.25, 0.3) is 0 Å². The zero-order valence-corrected chi connectivity index (χ0v) is 8.87. The Morgan fingerprint density at radius 1 is 1.54 bits per heavy atom. The first kappa shape index (κ1) is 8.75. The van der Waals surface area contributed by atoms with E-state index in [0.717, 1.165) is 0 Å². The molecule has 0 radical (unpaired) electrons. The van der Waals surface area contributed by atoms with Crippen LogP contribution in [0.4, 0.5) is 0 Å². The fraction of sp³-hybridized carbons (Fsp3) is 0.500. The van der Waals surface area contributed by atoms with Crippen molar-refractivity contribution in [3.8, 4) is 0 Å². The molecular weight excluding hydrogens is 182 g/mol. The fourth-order valence-electron chi connectivity index (χ4n) is 1.71. The maximum Gasteiger partial charge on any atom is 0.228 e. The lowest BCUT2D eigenvalue weighted by atomic mass is 9.73. The van der Waals surface area contributed by atoms with Gasteiger partial charge in [0.2, 0.25) is 5.91 Å². The fourth-order valence-corrected chi connectivity index (χ4v) is 2.45. The topological polar surface area (TPSA) is 29.1 Å². The van der Waals surface area contributed by atoms with Gasteiger partial charge < -0.3 is 5.32 Å². The van der Waals surface area contributed by atoms with Gasteiger partial charge in [-0.25, -0.2) is 0 Å². The zero-order chi connectivity index (χ0) is 9.64. The molecule has 0 bridgehead atoms. The van der Waals surface area contributed by atoms with Gasteiger partial charge in [-0.1, -0.05) is 0 Å². The smallest absolute Gasteiger partial charge is 0.228 e. The molecule has 1 aliphatic rings. The predicted octanol–water partition coefficient (Wildman–Crippen LogP) is 2.25. The number of β-lactam (4-membered cyclic amide) rings is 1. The normalized spacial score (nSPS) is 25.2. The van der Waals surface area contributed by atoms with Gasteiger partial charge in [-0.2, -0.15) is 0 Å². The summed E-state index contributed by atoms with van der Waals surface area (Å²) in [4.78, 5) is 12.6. The lowest BCUT2D eigenvalue weighted by Crippen LogP contribution is -2.57. The lowest BCUT2D eigenvalue weighted by Gasteiger charge is -2.44. The first-order valence-electron chi connectivity index (χ1n) is 4.38. The van der Waals surface area contributed by atoms with Crippen molar-refractivity contribution < 1.29 is 4.79 Å². The Hall–Kier alpha value is -0.830. The molecule has 3 heteroatoms. The number of hydrogen-bond acceptors (Lipinski definition) is 2. The van der Waals surface area contributed by atoms with Crippen LogP contribution in [0.2, 0.25) is 0 Å². The molecule has 1 unspecified atom stereocenters. The van der Waals surface area contributed by atoms with Crippen molar-refractivity contribution in [3.63, 3.8) is 0 Å². The molecule has 0 aliphatic carbocycles. The maximum absolute atomic E-state index is 11.3. The van der Waals surface area contributed by atoms with Crippen molar-refractivity contribution in [1.29, 1.82) is 0 Å². The number of carbonyl (C=O) groups is 1. The van der Waals surface area contributed by atoms with Crippen LogP contribution in [0.3, 0.4) is 0 Å². The Morgan fingerprint density at radius 2 is 2.23 bits per heavy atom. The number of amides is 1. The predicted molar refractivity (Wildman–Crippen MR) is 53.7 cm³/mol. The molecule has 0 spiro atoms. The van der Waals surface area contributed by atoms with Crippen LogP contribution in [0.1, 0.15) is 30.3 Å². The minimum atomic E-state index is -0.230. The number of carbonyl (C=O) groups excluding carboxylic acids is 1. The second kappa shape index (κ2) is 2.58. The number of thiophene rings is 1. The number of nitrogens with one attached hydrogen (secondary N) is 1. The third-order valence-corrected chi connectivity index (χ3v) is 3.65.